The molecule has 1 atom stereocenters. The van der Waals surface area contributed by atoms with Gasteiger partial charge in [-0.25, -0.2) is 0 Å². The molecule has 0 bridgehead atoms. The molecule has 2 rings (SSSR count). The van der Waals surface area contributed by atoms with Crippen molar-refractivity contribution in [3.63, 3.8) is 0 Å². The Morgan fingerprint density at radius 1 is 1.27 bits per heavy atom. The van der Waals surface area contributed by atoms with Crippen LogP contribution in [-0.2, 0) is 14.4 Å². The highest BCUT2D eigenvalue weighted by molar-refractivity contribution is 5.90. The highest BCUT2D eigenvalue weighted by atomic mass is 16.4. The van der Waals surface area contributed by atoms with Crippen molar-refractivity contribution in [1.82, 2.24) is 10.2 Å². The fourth-order valence-electron chi connectivity index (χ4n) is 3.08. The van der Waals surface area contributed by atoms with E-state index in [1.165, 1.54) is 11.3 Å². The number of nitrogens with zero attached hydrogens (tertiary/aromatic N) is 1. The first kappa shape index (κ1) is 16.5. The number of aliphatic carboxylic acids is 1. The molecule has 1 heterocycles. The summed E-state index contributed by atoms with van der Waals surface area (Å²) in [4.78, 5) is 36.6. The molecule has 0 aromatic rings. The number of carboxylic acids is 1. The summed E-state index contributed by atoms with van der Waals surface area (Å²) in [6.07, 6.45) is 8.92. The van der Waals surface area contributed by atoms with Gasteiger partial charge in [0.05, 0.1) is 0 Å². The van der Waals surface area contributed by atoms with Crippen LogP contribution >= 0.6 is 0 Å². The second-order valence-electron chi connectivity index (χ2n) is 6.05. The van der Waals surface area contributed by atoms with Crippen LogP contribution in [0.15, 0.2) is 11.6 Å². The second kappa shape index (κ2) is 7.96. The van der Waals surface area contributed by atoms with Crippen molar-refractivity contribution in [2.24, 2.45) is 0 Å². The number of allylic oxidation sites excluding steroid dienone is 1. The monoisotopic (exact) mass is 308 g/mol. The normalized spacial score (nSPS) is 22.7. The topological polar surface area (TPSA) is 86.7 Å². The Morgan fingerprint density at radius 2 is 2.09 bits per heavy atom. The summed E-state index contributed by atoms with van der Waals surface area (Å²) in [6.45, 7) is 0.152. The molecule has 1 aliphatic heterocycles. The lowest BCUT2D eigenvalue weighted by atomic mass is 9.97. The molecule has 1 saturated heterocycles. The van der Waals surface area contributed by atoms with Gasteiger partial charge in [0, 0.05) is 13.0 Å². The number of amides is 2. The summed E-state index contributed by atoms with van der Waals surface area (Å²) in [5, 5.41) is 11.7. The predicted octanol–water partition coefficient (Wildman–Crippen LogP) is 1.46. The van der Waals surface area contributed by atoms with Crippen LogP contribution in [0.25, 0.3) is 0 Å². The molecule has 1 unspecified atom stereocenters. The SMILES string of the molecule is O=C(O)CN1CCCCC(NC(=O)CC2=CCCCC2)C1=O. The van der Waals surface area contributed by atoms with Gasteiger partial charge >= 0.3 is 5.97 Å². The lowest BCUT2D eigenvalue weighted by molar-refractivity contribution is -0.145. The van der Waals surface area contributed by atoms with Gasteiger partial charge in [0.15, 0.2) is 0 Å². The number of nitrogens with one attached hydrogen (secondary N) is 1. The molecule has 2 N–H and O–H groups in total. The minimum absolute atomic E-state index is 0.135. The zero-order chi connectivity index (χ0) is 15.9. The molecule has 0 saturated carbocycles. The molecule has 1 aliphatic carbocycles. The summed E-state index contributed by atoms with van der Waals surface area (Å²) < 4.78 is 0. The summed E-state index contributed by atoms with van der Waals surface area (Å²) in [6, 6.07) is -0.585. The summed E-state index contributed by atoms with van der Waals surface area (Å²) in [5.74, 6) is -1.43. The smallest absolute Gasteiger partial charge is 0.323 e. The first-order chi connectivity index (χ1) is 10.6. The fourth-order valence-corrected chi connectivity index (χ4v) is 3.08. The average Bonchev–Trinajstić information content (AvgIpc) is 2.63. The van der Waals surface area contributed by atoms with E-state index in [0.717, 1.165) is 37.7 Å². The van der Waals surface area contributed by atoms with E-state index in [1.54, 1.807) is 0 Å². The highest BCUT2D eigenvalue weighted by Crippen LogP contribution is 2.20. The van der Waals surface area contributed by atoms with Gasteiger partial charge in [-0.1, -0.05) is 11.6 Å². The zero-order valence-corrected chi connectivity index (χ0v) is 12.8. The van der Waals surface area contributed by atoms with Crippen LogP contribution in [-0.4, -0.2) is 46.9 Å². The zero-order valence-electron chi connectivity index (χ0n) is 12.8. The van der Waals surface area contributed by atoms with Gasteiger partial charge in [0.2, 0.25) is 11.8 Å². The largest absolute Gasteiger partial charge is 0.480 e. The van der Waals surface area contributed by atoms with Crippen LogP contribution in [0.3, 0.4) is 0 Å². The van der Waals surface area contributed by atoms with Crippen molar-refractivity contribution in [2.45, 2.75) is 57.4 Å². The lowest BCUT2D eigenvalue weighted by Gasteiger charge is -2.23. The number of hydrogen-bond donors (Lipinski definition) is 2. The van der Waals surface area contributed by atoms with Gasteiger partial charge in [-0.3, -0.25) is 14.4 Å². The third-order valence-corrected chi connectivity index (χ3v) is 4.21. The third-order valence-electron chi connectivity index (χ3n) is 4.21. The Balaban J connectivity index is 1.91. The maximum Gasteiger partial charge on any atom is 0.323 e. The molecule has 2 aliphatic rings. The van der Waals surface area contributed by atoms with Crippen LogP contribution in [0.5, 0.6) is 0 Å². The molecular weight excluding hydrogens is 284 g/mol. The quantitative estimate of drug-likeness (QED) is 0.753. The standard InChI is InChI=1S/C16H24N2O4/c19-14(10-12-6-2-1-3-7-12)17-13-8-4-5-9-18(16(13)22)11-15(20)21/h6,13H,1-5,7-11H2,(H,17,19)(H,20,21). The van der Waals surface area contributed by atoms with Crippen molar-refractivity contribution in [1.29, 1.82) is 0 Å². The molecule has 6 nitrogen and oxygen atoms in total. The lowest BCUT2D eigenvalue weighted by Crippen LogP contribution is -2.48. The first-order valence-corrected chi connectivity index (χ1v) is 8.04. The number of likely N-dealkylation sites (tertiary alicyclic amines) is 1. The molecule has 0 aromatic heterocycles. The molecule has 2 amide bonds. The Bertz CT molecular complexity index is 473. The first-order valence-electron chi connectivity index (χ1n) is 8.04. The van der Waals surface area contributed by atoms with Crippen molar-refractivity contribution in [3.8, 4) is 0 Å². The average molecular weight is 308 g/mol. The number of carbonyl (C=O) groups is 3. The summed E-state index contributed by atoms with van der Waals surface area (Å²) in [7, 11) is 0. The summed E-state index contributed by atoms with van der Waals surface area (Å²) in [5.41, 5.74) is 1.15. The van der Waals surface area contributed by atoms with E-state index in [-0.39, 0.29) is 18.4 Å². The maximum absolute atomic E-state index is 12.3. The van der Waals surface area contributed by atoms with Crippen LogP contribution in [0.1, 0.15) is 51.4 Å². The molecule has 0 aromatic carbocycles. The number of carbonyl (C=O) groups excluding carboxylic acids is 2. The van der Waals surface area contributed by atoms with Gasteiger partial charge in [-0.15, -0.1) is 0 Å². The molecule has 1 fully saturated rings. The molecule has 22 heavy (non-hydrogen) atoms. The van der Waals surface area contributed by atoms with Gasteiger partial charge in [-0.05, 0) is 44.9 Å². The number of rotatable bonds is 5. The predicted molar refractivity (Wildman–Crippen MR) is 81.2 cm³/mol. The van der Waals surface area contributed by atoms with E-state index in [0.29, 0.717) is 19.4 Å². The molecule has 0 radical (unpaired) electrons. The van der Waals surface area contributed by atoms with Crippen LogP contribution in [0.4, 0.5) is 0 Å². The van der Waals surface area contributed by atoms with E-state index in [1.807, 2.05) is 0 Å². The Hall–Kier alpha value is -1.85. The fraction of sp³-hybridized carbons (Fsp3) is 0.688. The van der Waals surface area contributed by atoms with Gasteiger partial charge < -0.3 is 15.3 Å². The van der Waals surface area contributed by atoms with Crippen LogP contribution < -0.4 is 5.32 Å². The van der Waals surface area contributed by atoms with Crippen molar-refractivity contribution in [2.75, 3.05) is 13.1 Å². The second-order valence-corrected chi connectivity index (χ2v) is 6.05. The molecule has 6 heteroatoms. The Labute approximate surface area is 130 Å². The van der Waals surface area contributed by atoms with E-state index in [4.69, 9.17) is 5.11 Å². The third kappa shape index (κ3) is 4.86. The van der Waals surface area contributed by atoms with Gasteiger partial charge in [-0.2, -0.15) is 0 Å². The van der Waals surface area contributed by atoms with Gasteiger partial charge in [0.1, 0.15) is 12.6 Å². The van der Waals surface area contributed by atoms with Crippen molar-refractivity contribution < 1.29 is 19.5 Å². The maximum atomic E-state index is 12.3. The number of carboxylic acid groups (broad SMARTS) is 1. The minimum atomic E-state index is -1.02. The van der Waals surface area contributed by atoms with Crippen LogP contribution in [0.2, 0.25) is 0 Å². The van der Waals surface area contributed by atoms with Crippen molar-refractivity contribution in [3.05, 3.63) is 11.6 Å². The van der Waals surface area contributed by atoms with Gasteiger partial charge in [0.25, 0.3) is 0 Å². The van der Waals surface area contributed by atoms with E-state index >= 15 is 0 Å². The Kier molecular flexibility index (Phi) is 5.98. The molecule has 122 valence electrons. The molecule has 0 spiro atoms. The molecular formula is C16H24N2O4. The highest BCUT2D eigenvalue weighted by Gasteiger charge is 2.29. The summed E-state index contributed by atoms with van der Waals surface area (Å²) >= 11 is 0. The van der Waals surface area contributed by atoms with E-state index in [9.17, 15) is 14.4 Å². The minimum Gasteiger partial charge on any atom is -0.480 e. The number of hydrogen-bond acceptors (Lipinski definition) is 3. The van der Waals surface area contributed by atoms with E-state index in [2.05, 4.69) is 11.4 Å². The van der Waals surface area contributed by atoms with Crippen molar-refractivity contribution >= 4 is 17.8 Å². The van der Waals surface area contributed by atoms with E-state index < -0.39 is 12.0 Å². The Morgan fingerprint density at radius 3 is 2.77 bits per heavy atom. The van der Waals surface area contributed by atoms with Crippen LogP contribution in [0, 0.1) is 0 Å².